The Bertz CT molecular complexity index is 625. The van der Waals surface area contributed by atoms with Crippen LogP contribution in [0.2, 0.25) is 5.02 Å². The molecule has 2 aliphatic rings. The number of halogens is 1. The molecule has 1 aromatic rings. The summed E-state index contributed by atoms with van der Waals surface area (Å²) in [5.74, 6) is 0.458. The molecule has 3 rings (SSSR count). The average molecular weight is 364 g/mol. The summed E-state index contributed by atoms with van der Waals surface area (Å²) in [6.07, 6.45) is 8.10. The van der Waals surface area contributed by atoms with Gasteiger partial charge in [-0.25, -0.2) is 0 Å². The monoisotopic (exact) mass is 363 g/mol. The zero-order valence-corrected chi connectivity index (χ0v) is 15.2. The normalized spacial score (nSPS) is 18.0. The van der Waals surface area contributed by atoms with Gasteiger partial charge in [0.15, 0.2) is 0 Å². The zero-order valence-electron chi connectivity index (χ0n) is 14.4. The first-order chi connectivity index (χ1) is 12.1. The minimum atomic E-state index is -0.167. The predicted octanol–water partition coefficient (Wildman–Crippen LogP) is 3.34. The van der Waals surface area contributed by atoms with Crippen molar-refractivity contribution in [2.24, 2.45) is 5.92 Å². The fraction of sp³-hybridized carbons (Fsp3) is 0.579. The molecule has 0 radical (unpaired) electrons. The number of carbonyl (C=O) groups excluding carboxylic acids is 2. The van der Waals surface area contributed by atoms with Crippen LogP contribution in [0.5, 0.6) is 0 Å². The van der Waals surface area contributed by atoms with Crippen molar-refractivity contribution in [3.8, 4) is 0 Å². The minimum Gasteiger partial charge on any atom is -0.349 e. The third-order valence-corrected chi connectivity index (χ3v) is 5.18. The summed E-state index contributed by atoms with van der Waals surface area (Å²) in [6, 6.07) is 5.25. The molecule has 2 fully saturated rings. The van der Waals surface area contributed by atoms with Gasteiger partial charge >= 0.3 is 0 Å². The second kappa shape index (κ2) is 8.68. The van der Waals surface area contributed by atoms with Gasteiger partial charge in [-0.2, -0.15) is 0 Å². The van der Waals surface area contributed by atoms with E-state index in [0.29, 0.717) is 16.3 Å². The lowest BCUT2D eigenvalue weighted by atomic mass is 9.95. The number of nitrogens with one attached hydrogen (secondary N) is 3. The second-order valence-corrected chi connectivity index (χ2v) is 7.53. The highest BCUT2D eigenvalue weighted by Crippen LogP contribution is 2.27. The van der Waals surface area contributed by atoms with Crippen molar-refractivity contribution in [2.75, 3.05) is 18.4 Å². The maximum Gasteiger partial charge on any atom is 0.253 e. The van der Waals surface area contributed by atoms with Crippen LogP contribution in [0.1, 0.15) is 55.3 Å². The van der Waals surface area contributed by atoms with Crippen LogP contribution in [0, 0.1) is 5.92 Å². The Balaban J connectivity index is 1.54. The van der Waals surface area contributed by atoms with Crippen LogP contribution in [0.25, 0.3) is 0 Å². The third kappa shape index (κ3) is 5.72. The van der Waals surface area contributed by atoms with Crippen LogP contribution in [0.15, 0.2) is 18.2 Å². The summed E-state index contributed by atoms with van der Waals surface area (Å²) in [5.41, 5.74) is 1.01. The van der Waals surface area contributed by atoms with Crippen LogP contribution >= 0.6 is 11.6 Å². The Kier molecular flexibility index (Phi) is 6.32. The lowest BCUT2D eigenvalue weighted by Crippen LogP contribution is -2.36. The van der Waals surface area contributed by atoms with E-state index < -0.39 is 0 Å². The Labute approximate surface area is 153 Å². The van der Waals surface area contributed by atoms with Gasteiger partial charge in [-0.1, -0.05) is 30.9 Å². The summed E-state index contributed by atoms with van der Waals surface area (Å²) in [5, 5.41) is 9.44. The summed E-state index contributed by atoms with van der Waals surface area (Å²) >= 11 is 6.18. The van der Waals surface area contributed by atoms with Crippen LogP contribution in [-0.2, 0) is 4.79 Å². The Morgan fingerprint density at radius 1 is 1.08 bits per heavy atom. The number of hydrogen-bond acceptors (Lipinski definition) is 3. The molecule has 0 heterocycles. The smallest absolute Gasteiger partial charge is 0.253 e. The van der Waals surface area contributed by atoms with Gasteiger partial charge in [0, 0.05) is 11.7 Å². The fourth-order valence-corrected chi connectivity index (χ4v) is 3.41. The molecule has 0 aromatic heterocycles. The van der Waals surface area contributed by atoms with Crippen LogP contribution < -0.4 is 16.0 Å². The quantitative estimate of drug-likeness (QED) is 0.695. The molecule has 3 N–H and O–H groups in total. The van der Waals surface area contributed by atoms with E-state index in [4.69, 9.17) is 11.6 Å². The molecule has 2 amide bonds. The van der Waals surface area contributed by atoms with Crippen molar-refractivity contribution >= 4 is 29.1 Å². The molecule has 0 bridgehead atoms. The summed E-state index contributed by atoms with van der Waals surface area (Å²) in [6.45, 7) is 1.17. The summed E-state index contributed by atoms with van der Waals surface area (Å²) in [7, 11) is 0. The average Bonchev–Trinajstić information content (AvgIpc) is 3.42. The molecular formula is C19H26ClN3O2. The number of hydrogen-bond donors (Lipinski definition) is 3. The number of rotatable bonds is 7. The van der Waals surface area contributed by atoms with Gasteiger partial charge in [0.25, 0.3) is 5.91 Å². The van der Waals surface area contributed by atoms with E-state index in [1.54, 1.807) is 18.2 Å². The van der Waals surface area contributed by atoms with E-state index in [0.717, 1.165) is 38.1 Å². The van der Waals surface area contributed by atoms with Crippen molar-refractivity contribution in [1.82, 2.24) is 10.6 Å². The molecule has 2 saturated carbocycles. The van der Waals surface area contributed by atoms with Gasteiger partial charge in [-0.15, -0.1) is 0 Å². The fourth-order valence-electron chi connectivity index (χ4n) is 3.20. The van der Waals surface area contributed by atoms with Crippen molar-refractivity contribution in [3.05, 3.63) is 28.8 Å². The molecule has 6 heteroatoms. The SMILES string of the molecule is O=C(CNCC1CC1)Nc1ccc(Cl)c(C(=O)NC2CCCCC2)c1. The molecule has 5 nitrogen and oxygen atoms in total. The summed E-state index contributed by atoms with van der Waals surface area (Å²) in [4.78, 5) is 24.5. The van der Waals surface area contributed by atoms with Crippen molar-refractivity contribution in [2.45, 2.75) is 51.0 Å². The molecule has 0 atom stereocenters. The van der Waals surface area contributed by atoms with E-state index in [1.165, 1.54) is 19.3 Å². The molecule has 25 heavy (non-hydrogen) atoms. The molecule has 136 valence electrons. The largest absolute Gasteiger partial charge is 0.349 e. The lowest BCUT2D eigenvalue weighted by Gasteiger charge is -2.23. The van der Waals surface area contributed by atoms with Crippen LogP contribution in [-0.4, -0.2) is 30.9 Å². The lowest BCUT2D eigenvalue weighted by molar-refractivity contribution is -0.115. The molecule has 1 aromatic carbocycles. The Morgan fingerprint density at radius 2 is 1.84 bits per heavy atom. The number of anilines is 1. The highest BCUT2D eigenvalue weighted by Gasteiger charge is 2.21. The number of carbonyl (C=O) groups is 2. The summed E-state index contributed by atoms with van der Waals surface area (Å²) < 4.78 is 0. The van der Waals surface area contributed by atoms with E-state index in [-0.39, 0.29) is 24.4 Å². The second-order valence-electron chi connectivity index (χ2n) is 7.13. The van der Waals surface area contributed by atoms with E-state index in [2.05, 4.69) is 16.0 Å². The maximum atomic E-state index is 12.5. The third-order valence-electron chi connectivity index (χ3n) is 4.85. The van der Waals surface area contributed by atoms with Crippen molar-refractivity contribution < 1.29 is 9.59 Å². The number of amides is 2. The van der Waals surface area contributed by atoms with Gasteiger partial charge in [0.1, 0.15) is 0 Å². The van der Waals surface area contributed by atoms with Gasteiger partial charge in [-0.3, -0.25) is 9.59 Å². The van der Waals surface area contributed by atoms with E-state index in [1.807, 2.05) is 0 Å². The molecule has 0 spiro atoms. The van der Waals surface area contributed by atoms with Gasteiger partial charge in [-0.05, 0) is 56.3 Å². The highest BCUT2D eigenvalue weighted by atomic mass is 35.5. The van der Waals surface area contributed by atoms with E-state index >= 15 is 0 Å². The molecule has 2 aliphatic carbocycles. The van der Waals surface area contributed by atoms with Crippen LogP contribution in [0.4, 0.5) is 5.69 Å². The number of benzene rings is 1. The van der Waals surface area contributed by atoms with Gasteiger partial charge < -0.3 is 16.0 Å². The molecule has 0 unspecified atom stereocenters. The highest BCUT2D eigenvalue weighted by molar-refractivity contribution is 6.34. The topological polar surface area (TPSA) is 70.2 Å². The first-order valence-electron chi connectivity index (χ1n) is 9.23. The maximum absolute atomic E-state index is 12.5. The van der Waals surface area contributed by atoms with Crippen molar-refractivity contribution in [1.29, 1.82) is 0 Å². The van der Waals surface area contributed by atoms with E-state index in [9.17, 15) is 9.59 Å². The Morgan fingerprint density at radius 3 is 2.56 bits per heavy atom. The molecule has 0 aliphatic heterocycles. The van der Waals surface area contributed by atoms with Crippen LogP contribution in [0.3, 0.4) is 0 Å². The first-order valence-corrected chi connectivity index (χ1v) is 9.60. The first kappa shape index (κ1) is 18.2. The standard InChI is InChI=1S/C19H26ClN3O2/c20-17-9-8-15(22-18(24)12-21-11-13-6-7-13)10-16(17)19(25)23-14-4-2-1-3-5-14/h8-10,13-14,21H,1-7,11-12H2,(H,22,24)(H,23,25). The molecule has 0 saturated heterocycles. The van der Waals surface area contributed by atoms with Gasteiger partial charge in [0.2, 0.25) is 5.91 Å². The zero-order chi connectivity index (χ0) is 17.6. The Hall–Kier alpha value is -1.59. The van der Waals surface area contributed by atoms with Crippen molar-refractivity contribution in [3.63, 3.8) is 0 Å². The predicted molar refractivity (Wildman–Crippen MR) is 100 cm³/mol. The minimum absolute atomic E-state index is 0.110. The molecular weight excluding hydrogens is 338 g/mol. The van der Waals surface area contributed by atoms with Gasteiger partial charge in [0.05, 0.1) is 17.1 Å².